The smallest absolute Gasteiger partial charge is 0.336 e. The molecule has 1 aliphatic heterocycles. The first kappa shape index (κ1) is 21.6. The van der Waals surface area contributed by atoms with E-state index < -0.39 is 0 Å². The third-order valence-electron chi connectivity index (χ3n) is 5.99. The lowest BCUT2D eigenvalue weighted by Crippen LogP contribution is -2.43. The zero-order valence-electron chi connectivity index (χ0n) is 18.5. The molecule has 1 aromatic carbocycles. The van der Waals surface area contributed by atoms with E-state index in [2.05, 4.69) is 31.3 Å². The van der Waals surface area contributed by atoms with Gasteiger partial charge >= 0.3 is 5.97 Å². The number of aryl methyl sites for hydroxylation is 1. The predicted octanol–water partition coefficient (Wildman–Crippen LogP) is 5.30. The van der Waals surface area contributed by atoms with Crippen LogP contribution in [0, 0.1) is 18.3 Å². The van der Waals surface area contributed by atoms with Crippen LogP contribution in [0.2, 0.25) is 0 Å². The minimum Gasteiger partial charge on any atom is -0.462 e. The van der Waals surface area contributed by atoms with Gasteiger partial charge in [0, 0.05) is 39.9 Å². The number of Topliss-reactive ketones (excluding diaryl/α,β-unsaturated/α-hetero) is 1. The van der Waals surface area contributed by atoms with Gasteiger partial charge in [0.15, 0.2) is 0 Å². The molecule has 0 bridgehead atoms. The second-order valence-electron chi connectivity index (χ2n) is 9.17. The van der Waals surface area contributed by atoms with E-state index in [9.17, 15) is 9.59 Å². The van der Waals surface area contributed by atoms with Crippen molar-refractivity contribution < 1.29 is 14.3 Å². The van der Waals surface area contributed by atoms with E-state index in [1.165, 1.54) is 0 Å². The van der Waals surface area contributed by atoms with Gasteiger partial charge in [0.2, 0.25) is 0 Å². The summed E-state index contributed by atoms with van der Waals surface area (Å²) in [7, 11) is 0. The Kier molecular flexibility index (Phi) is 5.89. The Bertz CT molecular complexity index is 1060. The number of benzene rings is 1. The molecule has 4 rings (SSSR count). The molecular weight excluding hydrogens is 406 g/mol. The highest BCUT2D eigenvalue weighted by molar-refractivity contribution is 7.12. The Morgan fingerprint density at radius 1 is 1.13 bits per heavy atom. The topological polar surface area (TPSA) is 55.4 Å². The molecule has 162 valence electrons. The molecule has 1 aliphatic carbocycles. The highest BCUT2D eigenvalue weighted by Crippen LogP contribution is 2.48. The zero-order valence-corrected chi connectivity index (χ0v) is 19.3. The number of ketones is 1. The minimum absolute atomic E-state index is 0.174. The molecule has 0 saturated carbocycles. The van der Waals surface area contributed by atoms with E-state index in [1.807, 2.05) is 50.2 Å². The van der Waals surface area contributed by atoms with Crippen LogP contribution in [0.1, 0.15) is 48.4 Å². The number of fused-ring (bicyclic) bond motifs is 1. The van der Waals surface area contributed by atoms with Crippen LogP contribution in [-0.2, 0) is 20.7 Å². The summed E-state index contributed by atoms with van der Waals surface area (Å²) in [5.41, 5.74) is 3.19. The fourth-order valence-corrected chi connectivity index (χ4v) is 5.67. The lowest BCUT2D eigenvalue weighted by molar-refractivity contribution is -0.139. The van der Waals surface area contributed by atoms with Crippen molar-refractivity contribution in [2.45, 2.75) is 46.5 Å². The number of thiophene rings is 1. The van der Waals surface area contributed by atoms with Gasteiger partial charge in [-0.1, -0.05) is 50.3 Å². The Labute approximate surface area is 188 Å². The zero-order chi connectivity index (χ0) is 22.2. The summed E-state index contributed by atoms with van der Waals surface area (Å²) in [6.07, 6.45) is 3.30. The van der Waals surface area contributed by atoms with Gasteiger partial charge in [0.05, 0.1) is 18.1 Å². The molecule has 0 spiro atoms. The van der Waals surface area contributed by atoms with E-state index in [1.54, 1.807) is 11.3 Å². The summed E-state index contributed by atoms with van der Waals surface area (Å²) in [4.78, 5) is 28.7. The van der Waals surface area contributed by atoms with Crippen LogP contribution in [0.3, 0.4) is 0 Å². The van der Waals surface area contributed by atoms with Gasteiger partial charge in [0.25, 0.3) is 0 Å². The third kappa shape index (κ3) is 4.52. The molecule has 2 atom stereocenters. The molecule has 31 heavy (non-hydrogen) atoms. The second-order valence-corrected chi connectivity index (χ2v) is 10.5. The van der Waals surface area contributed by atoms with E-state index in [0.29, 0.717) is 25.0 Å². The third-order valence-corrected chi connectivity index (χ3v) is 7.08. The van der Waals surface area contributed by atoms with Crippen molar-refractivity contribution in [3.63, 3.8) is 0 Å². The first-order chi connectivity index (χ1) is 14.7. The maximum absolute atomic E-state index is 13.3. The molecule has 1 N–H and O–H groups in total. The summed E-state index contributed by atoms with van der Waals surface area (Å²) in [6, 6.07) is 14.1. The number of carbonyl (C=O) groups excluding carboxylic acids is 2. The number of ether oxygens (including phenoxy) is 1. The molecule has 0 amide bonds. The quantitative estimate of drug-likeness (QED) is 0.648. The molecule has 5 heteroatoms. The van der Waals surface area contributed by atoms with Crippen LogP contribution < -0.4 is 5.32 Å². The fraction of sp³-hybridized carbons (Fsp3) is 0.385. The molecule has 1 aromatic heterocycles. The molecule has 4 nitrogen and oxygen atoms in total. The van der Waals surface area contributed by atoms with Gasteiger partial charge in [-0.15, -0.1) is 11.3 Å². The monoisotopic (exact) mass is 435 g/mol. The Morgan fingerprint density at radius 3 is 2.55 bits per heavy atom. The van der Waals surface area contributed by atoms with Crippen LogP contribution in [0.4, 0.5) is 0 Å². The van der Waals surface area contributed by atoms with Crippen molar-refractivity contribution >= 4 is 23.1 Å². The van der Waals surface area contributed by atoms with Crippen LogP contribution in [0.25, 0.3) is 0 Å². The summed E-state index contributed by atoms with van der Waals surface area (Å²) < 4.78 is 5.71. The minimum atomic E-state index is -0.369. The first-order valence-corrected chi connectivity index (χ1v) is 11.6. The molecular formula is C26H29NO3S. The second kappa shape index (κ2) is 8.46. The van der Waals surface area contributed by atoms with Crippen LogP contribution in [0.5, 0.6) is 0 Å². The Balaban J connectivity index is 1.65. The summed E-state index contributed by atoms with van der Waals surface area (Å²) in [5.74, 6) is -0.840. The molecule has 0 saturated heterocycles. The summed E-state index contributed by atoms with van der Waals surface area (Å²) >= 11 is 1.65. The summed E-state index contributed by atoms with van der Waals surface area (Å²) in [6.45, 7) is 8.42. The highest BCUT2D eigenvalue weighted by Gasteiger charge is 2.46. The van der Waals surface area contributed by atoms with Crippen LogP contribution in [-0.4, -0.2) is 18.4 Å². The number of allylic oxidation sites excluding steroid dienone is 3. The van der Waals surface area contributed by atoms with Crippen molar-refractivity contribution in [1.29, 1.82) is 0 Å². The first-order valence-electron chi connectivity index (χ1n) is 10.8. The van der Waals surface area contributed by atoms with Gasteiger partial charge < -0.3 is 10.1 Å². The van der Waals surface area contributed by atoms with Gasteiger partial charge in [-0.25, -0.2) is 4.79 Å². The number of nitrogens with one attached hydrogen (secondary N) is 1. The molecule has 0 radical (unpaired) electrons. The lowest BCUT2D eigenvalue weighted by Gasteiger charge is -2.41. The molecule has 2 heterocycles. The maximum atomic E-state index is 13.3. The largest absolute Gasteiger partial charge is 0.462 e. The standard InChI is InChI=1S/C26H29NO3S/c1-16-10-11-21(31-16)24-22(25(29)30-13-12-18-8-6-5-7-9-18)17(2)27-19-14-26(3,4)15-20(28)23(19)24/h5-11,14,23-24,27H,12-13,15H2,1-4H3. The number of hydrogen-bond donors (Lipinski definition) is 1. The van der Waals surface area contributed by atoms with E-state index >= 15 is 0 Å². The lowest BCUT2D eigenvalue weighted by atomic mass is 9.68. The Hall–Kier alpha value is -2.66. The number of carbonyl (C=O) groups is 2. The number of hydrogen-bond acceptors (Lipinski definition) is 5. The van der Waals surface area contributed by atoms with Gasteiger partial charge in [-0.05, 0) is 37.0 Å². The number of rotatable bonds is 5. The molecule has 2 aromatic rings. The molecule has 2 aliphatic rings. The van der Waals surface area contributed by atoms with Crippen molar-refractivity contribution in [1.82, 2.24) is 5.32 Å². The van der Waals surface area contributed by atoms with Crippen LogP contribution in [0.15, 0.2) is 65.5 Å². The Morgan fingerprint density at radius 2 is 1.87 bits per heavy atom. The molecule has 2 unspecified atom stereocenters. The molecule has 0 fully saturated rings. The fourth-order valence-electron chi connectivity index (χ4n) is 4.65. The van der Waals surface area contributed by atoms with Crippen molar-refractivity contribution in [2.75, 3.05) is 6.61 Å². The van der Waals surface area contributed by atoms with Crippen molar-refractivity contribution in [2.24, 2.45) is 11.3 Å². The summed E-state index contributed by atoms with van der Waals surface area (Å²) in [5, 5.41) is 3.37. The highest BCUT2D eigenvalue weighted by atomic mass is 32.1. The normalized spacial score (nSPS) is 22.5. The van der Waals surface area contributed by atoms with Crippen molar-refractivity contribution in [3.8, 4) is 0 Å². The van der Waals surface area contributed by atoms with Crippen molar-refractivity contribution in [3.05, 3.63) is 80.8 Å². The van der Waals surface area contributed by atoms with E-state index in [0.717, 1.165) is 26.7 Å². The van der Waals surface area contributed by atoms with Gasteiger partial charge in [-0.3, -0.25) is 4.79 Å². The van der Waals surface area contributed by atoms with E-state index in [4.69, 9.17) is 4.74 Å². The maximum Gasteiger partial charge on any atom is 0.336 e. The van der Waals surface area contributed by atoms with Gasteiger partial charge in [-0.2, -0.15) is 0 Å². The van der Waals surface area contributed by atoms with Gasteiger partial charge in [0.1, 0.15) is 5.78 Å². The number of esters is 1. The van der Waals surface area contributed by atoms with E-state index in [-0.39, 0.29) is 29.0 Å². The predicted molar refractivity (Wildman–Crippen MR) is 124 cm³/mol. The SMILES string of the molecule is CC1=C(C(=O)OCCc2ccccc2)C(c2ccc(C)s2)C2C(=O)CC(C)(C)C=C2N1. The average Bonchev–Trinajstić information content (AvgIpc) is 3.12. The average molecular weight is 436 g/mol. The van der Waals surface area contributed by atoms with Crippen LogP contribution >= 0.6 is 11.3 Å².